The molecule has 1 amide bonds. The smallest absolute Gasteiger partial charge is 0.355 e. The summed E-state index contributed by atoms with van der Waals surface area (Å²) in [6.45, 7) is 3.53. The number of anilines is 1. The van der Waals surface area contributed by atoms with E-state index in [2.05, 4.69) is 5.32 Å². The summed E-state index contributed by atoms with van der Waals surface area (Å²) >= 11 is 0. The highest BCUT2D eigenvalue weighted by molar-refractivity contribution is 7.92. The van der Waals surface area contributed by atoms with Crippen LogP contribution in [-0.2, 0) is 21.0 Å². The van der Waals surface area contributed by atoms with Gasteiger partial charge in [0.15, 0.2) is 0 Å². The van der Waals surface area contributed by atoms with E-state index in [1.165, 1.54) is 6.07 Å². The van der Waals surface area contributed by atoms with Crippen LogP contribution in [0.2, 0.25) is 0 Å². The van der Waals surface area contributed by atoms with Crippen molar-refractivity contribution in [3.05, 3.63) is 29.8 Å². The molecule has 136 valence electrons. The number of hydrogen-bond donors (Lipinski definition) is 1. The summed E-state index contributed by atoms with van der Waals surface area (Å²) in [7, 11) is -4.06. The van der Waals surface area contributed by atoms with Crippen molar-refractivity contribution in [1.29, 1.82) is 0 Å². The lowest BCUT2D eigenvalue weighted by Crippen LogP contribution is -2.41. The van der Waals surface area contributed by atoms with E-state index in [1.54, 1.807) is 0 Å². The monoisotopic (exact) mass is 366 g/mol. The molecule has 1 rings (SSSR count). The van der Waals surface area contributed by atoms with Gasteiger partial charge in [0, 0.05) is 6.54 Å². The number of rotatable bonds is 7. The summed E-state index contributed by atoms with van der Waals surface area (Å²) in [5.74, 6) is -0.319. The number of carbonyl (C=O) groups excluding carboxylic acids is 1. The van der Waals surface area contributed by atoms with Crippen molar-refractivity contribution in [3.8, 4) is 0 Å². The fourth-order valence-electron chi connectivity index (χ4n) is 2.00. The highest BCUT2D eigenvalue weighted by Crippen LogP contribution is 2.37. The number of nitrogens with one attached hydrogen (secondary N) is 1. The summed E-state index contributed by atoms with van der Waals surface area (Å²) in [6.07, 6.45) is -3.28. The second-order valence-electron chi connectivity index (χ2n) is 5.82. The largest absolute Gasteiger partial charge is 0.418 e. The number of halogens is 3. The average molecular weight is 366 g/mol. The molecular formula is C15H21F3N2O3S. The van der Waals surface area contributed by atoms with Crippen molar-refractivity contribution in [2.24, 2.45) is 5.92 Å². The number of amides is 1. The first-order valence-corrected chi connectivity index (χ1v) is 9.18. The van der Waals surface area contributed by atoms with Crippen LogP contribution in [0.25, 0.3) is 0 Å². The number of hydrogen-bond acceptors (Lipinski definition) is 3. The van der Waals surface area contributed by atoms with Gasteiger partial charge in [0.25, 0.3) is 0 Å². The van der Waals surface area contributed by atoms with Gasteiger partial charge in [-0.1, -0.05) is 26.0 Å². The molecule has 5 nitrogen and oxygen atoms in total. The molecule has 0 unspecified atom stereocenters. The van der Waals surface area contributed by atoms with Crippen molar-refractivity contribution >= 4 is 21.6 Å². The number of carbonyl (C=O) groups is 1. The van der Waals surface area contributed by atoms with Gasteiger partial charge in [0.1, 0.15) is 6.54 Å². The lowest BCUT2D eigenvalue weighted by atomic mass is 10.1. The zero-order valence-electron chi connectivity index (χ0n) is 13.7. The molecule has 0 aliphatic heterocycles. The van der Waals surface area contributed by atoms with E-state index in [-0.39, 0.29) is 0 Å². The third-order valence-electron chi connectivity index (χ3n) is 3.21. The molecule has 0 aliphatic rings. The highest BCUT2D eigenvalue weighted by atomic mass is 32.2. The molecule has 0 saturated heterocycles. The molecule has 0 saturated carbocycles. The van der Waals surface area contributed by atoms with Gasteiger partial charge in [0.05, 0.1) is 17.5 Å². The molecular weight excluding hydrogens is 345 g/mol. The Kier molecular flexibility index (Phi) is 6.65. The molecule has 24 heavy (non-hydrogen) atoms. The van der Waals surface area contributed by atoms with Crippen LogP contribution in [-0.4, -0.2) is 33.7 Å². The molecule has 0 atom stereocenters. The summed E-state index contributed by atoms with van der Waals surface area (Å²) in [6, 6.07) is 4.27. The Hall–Kier alpha value is -1.77. The summed E-state index contributed by atoms with van der Waals surface area (Å²) in [5, 5.41) is 2.52. The Bertz CT molecular complexity index is 673. The van der Waals surface area contributed by atoms with Gasteiger partial charge >= 0.3 is 6.18 Å². The number of alkyl halides is 3. The number of nitrogens with zero attached hydrogens (tertiary/aromatic N) is 1. The standard InChI is InChI=1S/C15H21F3N2O3S/c1-11(2)8-9-19-14(21)10-20(24(3,22)23)13-7-5-4-6-12(13)15(16,17)18/h4-7,11H,8-10H2,1-3H3,(H,19,21). The first-order valence-electron chi connectivity index (χ1n) is 7.33. The van der Waals surface area contributed by atoms with Crippen LogP contribution in [0.5, 0.6) is 0 Å². The molecule has 0 fully saturated rings. The van der Waals surface area contributed by atoms with E-state index in [0.717, 1.165) is 24.5 Å². The predicted octanol–water partition coefficient (Wildman–Crippen LogP) is 2.63. The quantitative estimate of drug-likeness (QED) is 0.807. The Labute approximate surface area is 139 Å². The molecule has 1 N–H and O–H groups in total. The van der Waals surface area contributed by atoms with Crippen molar-refractivity contribution in [2.75, 3.05) is 23.7 Å². The van der Waals surface area contributed by atoms with E-state index in [1.807, 2.05) is 13.8 Å². The number of sulfonamides is 1. The van der Waals surface area contributed by atoms with Gasteiger partial charge < -0.3 is 5.32 Å². The van der Waals surface area contributed by atoms with Crippen LogP contribution >= 0.6 is 0 Å². The maximum atomic E-state index is 13.1. The summed E-state index contributed by atoms with van der Waals surface area (Å²) in [4.78, 5) is 11.9. The minimum absolute atomic E-state index is 0.328. The van der Waals surface area contributed by atoms with Crippen LogP contribution in [0.3, 0.4) is 0 Å². The van der Waals surface area contributed by atoms with Gasteiger partial charge in [-0.25, -0.2) is 8.42 Å². The van der Waals surface area contributed by atoms with Crippen LogP contribution < -0.4 is 9.62 Å². The number of benzene rings is 1. The summed E-state index contributed by atoms with van der Waals surface area (Å²) < 4.78 is 63.6. The van der Waals surface area contributed by atoms with Gasteiger partial charge in [-0.2, -0.15) is 13.2 Å². The van der Waals surface area contributed by atoms with Gasteiger partial charge in [-0.3, -0.25) is 9.10 Å². The first kappa shape index (κ1) is 20.3. The van der Waals surface area contributed by atoms with Gasteiger partial charge in [-0.15, -0.1) is 0 Å². The zero-order valence-corrected chi connectivity index (χ0v) is 14.5. The van der Waals surface area contributed by atoms with Crippen molar-refractivity contribution < 1.29 is 26.4 Å². The fraction of sp³-hybridized carbons (Fsp3) is 0.533. The van der Waals surface area contributed by atoms with Crippen LogP contribution in [0, 0.1) is 5.92 Å². The minimum atomic E-state index is -4.73. The van der Waals surface area contributed by atoms with E-state index in [0.29, 0.717) is 23.2 Å². The predicted molar refractivity (Wildman–Crippen MR) is 86.1 cm³/mol. The second-order valence-corrected chi connectivity index (χ2v) is 7.72. The molecule has 9 heteroatoms. The lowest BCUT2D eigenvalue weighted by Gasteiger charge is -2.25. The van der Waals surface area contributed by atoms with E-state index in [9.17, 15) is 26.4 Å². The molecule has 0 aromatic heterocycles. The van der Waals surface area contributed by atoms with Crippen LogP contribution in [0.1, 0.15) is 25.8 Å². The third-order valence-corrected chi connectivity index (χ3v) is 4.34. The Morgan fingerprint density at radius 1 is 1.25 bits per heavy atom. The average Bonchev–Trinajstić information content (AvgIpc) is 2.42. The van der Waals surface area contributed by atoms with Crippen molar-refractivity contribution in [2.45, 2.75) is 26.4 Å². The third kappa shape index (κ3) is 6.03. The second kappa shape index (κ2) is 7.87. The zero-order chi connectivity index (χ0) is 18.5. The Morgan fingerprint density at radius 3 is 2.33 bits per heavy atom. The Balaban J connectivity index is 3.07. The molecule has 1 aromatic carbocycles. The summed E-state index contributed by atoms with van der Waals surface area (Å²) in [5.41, 5.74) is -1.67. The van der Waals surface area contributed by atoms with E-state index >= 15 is 0 Å². The molecule has 0 spiro atoms. The van der Waals surface area contributed by atoms with Gasteiger partial charge in [-0.05, 0) is 24.5 Å². The van der Waals surface area contributed by atoms with E-state index < -0.39 is 39.9 Å². The van der Waals surface area contributed by atoms with Crippen molar-refractivity contribution in [1.82, 2.24) is 5.32 Å². The maximum Gasteiger partial charge on any atom is 0.418 e. The fourth-order valence-corrected chi connectivity index (χ4v) is 2.87. The van der Waals surface area contributed by atoms with Crippen molar-refractivity contribution in [3.63, 3.8) is 0 Å². The SMILES string of the molecule is CC(C)CCNC(=O)CN(c1ccccc1C(F)(F)F)S(C)(=O)=O. The highest BCUT2D eigenvalue weighted by Gasteiger charge is 2.36. The van der Waals surface area contributed by atoms with Gasteiger partial charge in [0.2, 0.25) is 15.9 Å². The van der Waals surface area contributed by atoms with Crippen LogP contribution in [0.4, 0.5) is 18.9 Å². The van der Waals surface area contributed by atoms with Crippen LogP contribution in [0.15, 0.2) is 24.3 Å². The number of para-hydroxylation sites is 1. The lowest BCUT2D eigenvalue weighted by molar-refractivity contribution is -0.137. The normalized spacial score (nSPS) is 12.3. The minimum Gasteiger partial charge on any atom is -0.355 e. The Morgan fingerprint density at radius 2 is 1.83 bits per heavy atom. The molecule has 0 bridgehead atoms. The topological polar surface area (TPSA) is 66.5 Å². The van der Waals surface area contributed by atoms with E-state index in [4.69, 9.17) is 0 Å². The molecule has 0 radical (unpaired) electrons. The maximum absolute atomic E-state index is 13.1. The first-order chi connectivity index (χ1) is 10.9. The molecule has 0 heterocycles. The molecule has 0 aliphatic carbocycles. The molecule has 1 aromatic rings.